The molecule has 0 saturated carbocycles. The highest BCUT2D eigenvalue weighted by molar-refractivity contribution is 5.36. The second-order valence-corrected chi connectivity index (χ2v) is 3.88. The highest BCUT2D eigenvalue weighted by atomic mass is 19.4. The van der Waals surface area contributed by atoms with Gasteiger partial charge >= 0.3 is 6.18 Å². The normalized spacial score (nSPS) is 11.9. The number of rotatable bonds is 6. The fourth-order valence-corrected chi connectivity index (χ4v) is 1.55. The molecule has 18 heavy (non-hydrogen) atoms. The van der Waals surface area contributed by atoms with E-state index in [0.29, 0.717) is 12.4 Å². The van der Waals surface area contributed by atoms with Gasteiger partial charge in [0, 0.05) is 19.3 Å². The van der Waals surface area contributed by atoms with Gasteiger partial charge < -0.3 is 10.2 Å². The summed E-state index contributed by atoms with van der Waals surface area (Å²) in [6.07, 6.45) is -3.48. The second-order valence-electron chi connectivity index (χ2n) is 3.88. The number of hydrogen-bond acceptors (Lipinski definition) is 3. The number of nitrogens with zero attached hydrogens (tertiary/aromatic N) is 2. The molecule has 1 aromatic heterocycles. The second kappa shape index (κ2) is 6.58. The molecule has 6 heteroatoms. The molecule has 0 radical (unpaired) electrons. The van der Waals surface area contributed by atoms with Gasteiger partial charge in [-0.05, 0) is 25.2 Å². The molecule has 0 aliphatic heterocycles. The average molecular weight is 261 g/mol. The summed E-state index contributed by atoms with van der Waals surface area (Å²) in [6.45, 7) is 7.56. The summed E-state index contributed by atoms with van der Waals surface area (Å²) in [4.78, 5) is 5.96. The van der Waals surface area contributed by atoms with Gasteiger partial charge in [-0.15, -0.1) is 0 Å². The van der Waals surface area contributed by atoms with Crippen LogP contribution in [0.4, 0.5) is 19.0 Å². The van der Waals surface area contributed by atoms with Gasteiger partial charge in [0.25, 0.3) is 0 Å². The van der Waals surface area contributed by atoms with Crippen LogP contribution in [0.1, 0.15) is 19.4 Å². The SMILES string of the molecule is CCN(CC)CCNc1ccc(C(F)(F)F)cn1. The van der Waals surface area contributed by atoms with Crippen LogP contribution in [0.15, 0.2) is 18.3 Å². The first-order valence-electron chi connectivity index (χ1n) is 5.96. The zero-order valence-electron chi connectivity index (χ0n) is 10.6. The van der Waals surface area contributed by atoms with Crippen LogP contribution < -0.4 is 5.32 Å². The minimum atomic E-state index is -4.33. The number of anilines is 1. The summed E-state index contributed by atoms with van der Waals surface area (Å²) in [5, 5.41) is 3.00. The van der Waals surface area contributed by atoms with E-state index in [0.717, 1.165) is 31.9 Å². The number of alkyl halides is 3. The van der Waals surface area contributed by atoms with Crippen LogP contribution in [0.3, 0.4) is 0 Å². The third kappa shape index (κ3) is 4.52. The van der Waals surface area contributed by atoms with E-state index in [4.69, 9.17) is 0 Å². The maximum atomic E-state index is 12.3. The molecular formula is C12H18F3N3. The van der Waals surface area contributed by atoms with Gasteiger partial charge in [-0.3, -0.25) is 0 Å². The summed E-state index contributed by atoms with van der Waals surface area (Å²) < 4.78 is 36.9. The number of nitrogens with one attached hydrogen (secondary N) is 1. The van der Waals surface area contributed by atoms with Crippen molar-refractivity contribution in [3.05, 3.63) is 23.9 Å². The molecule has 0 unspecified atom stereocenters. The molecule has 0 amide bonds. The average Bonchev–Trinajstić information content (AvgIpc) is 2.34. The molecule has 0 fully saturated rings. The van der Waals surface area contributed by atoms with E-state index in [2.05, 4.69) is 29.0 Å². The molecule has 1 heterocycles. The largest absolute Gasteiger partial charge is 0.417 e. The van der Waals surface area contributed by atoms with E-state index in [1.54, 1.807) is 0 Å². The Morgan fingerprint density at radius 2 is 1.89 bits per heavy atom. The first-order valence-corrected chi connectivity index (χ1v) is 5.96. The van der Waals surface area contributed by atoms with Crippen molar-refractivity contribution < 1.29 is 13.2 Å². The smallest absolute Gasteiger partial charge is 0.369 e. The lowest BCUT2D eigenvalue weighted by Crippen LogP contribution is -2.28. The highest BCUT2D eigenvalue weighted by Gasteiger charge is 2.30. The van der Waals surface area contributed by atoms with Crippen molar-refractivity contribution in [3.63, 3.8) is 0 Å². The van der Waals surface area contributed by atoms with Crippen LogP contribution in [0.2, 0.25) is 0 Å². The fourth-order valence-electron chi connectivity index (χ4n) is 1.55. The van der Waals surface area contributed by atoms with Crippen molar-refractivity contribution in [3.8, 4) is 0 Å². The van der Waals surface area contributed by atoms with Gasteiger partial charge in [0.05, 0.1) is 5.56 Å². The Morgan fingerprint density at radius 3 is 2.33 bits per heavy atom. The van der Waals surface area contributed by atoms with E-state index >= 15 is 0 Å². The summed E-state index contributed by atoms with van der Waals surface area (Å²) >= 11 is 0. The van der Waals surface area contributed by atoms with Gasteiger partial charge in [-0.2, -0.15) is 13.2 Å². The van der Waals surface area contributed by atoms with Crippen molar-refractivity contribution in [2.75, 3.05) is 31.5 Å². The van der Waals surface area contributed by atoms with Crippen molar-refractivity contribution >= 4 is 5.82 Å². The molecule has 3 nitrogen and oxygen atoms in total. The molecule has 1 rings (SSSR count). The van der Waals surface area contributed by atoms with Crippen molar-refractivity contribution in [1.82, 2.24) is 9.88 Å². The molecule has 0 spiro atoms. The monoisotopic (exact) mass is 261 g/mol. The Bertz CT molecular complexity index is 345. The zero-order chi connectivity index (χ0) is 13.6. The van der Waals surface area contributed by atoms with E-state index in [9.17, 15) is 13.2 Å². The summed E-state index contributed by atoms with van der Waals surface area (Å²) in [5.41, 5.74) is -0.725. The maximum Gasteiger partial charge on any atom is 0.417 e. The molecular weight excluding hydrogens is 243 g/mol. The van der Waals surface area contributed by atoms with Crippen molar-refractivity contribution in [1.29, 1.82) is 0 Å². The van der Waals surface area contributed by atoms with Crippen LogP contribution >= 0.6 is 0 Å². The summed E-state index contributed by atoms with van der Waals surface area (Å²) in [7, 11) is 0. The Kier molecular flexibility index (Phi) is 5.40. The topological polar surface area (TPSA) is 28.2 Å². The zero-order valence-corrected chi connectivity index (χ0v) is 10.6. The van der Waals surface area contributed by atoms with Gasteiger partial charge in [-0.1, -0.05) is 13.8 Å². The quantitative estimate of drug-likeness (QED) is 0.853. The lowest BCUT2D eigenvalue weighted by Gasteiger charge is -2.18. The number of pyridine rings is 1. The van der Waals surface area contributed by atoms with Crippen LogP contribution in [0.25, 0.3) is 0 Å². The molecule has 0 aliphatic rings. The Balaban J connectivity index is 2.45. The molecule has 0 aromatic carbocycles. The van der Waals surface area contributed by atoms with Gasteiger partial charge in [0.15, 0.2) is 0 Å². The Morgan fingerprint density at radius 1 is 1.22 bits per heavy atom. The van der Waals surface area contributed by atoms with Crippen LogP contribution in [-0.2, 0) is 6.18 Å². The Hall–Kier alpha value is -1.30. The van der Waals surface area contributed by atoms with Gasteiger partial charge in [0.1, 0.15) is 5.82 Å². The van der Waals surface area contributed by atoms with Gasteiger partial charge in [-0.25, -0.2) is 4.98 Å². The minimum absolute atomic E-state index is 0.468. The third-order valence-electron chi connectivity index (χ3n) is 2.72. The first-order chi connectivity index (χ1) is 8.47. The molecule has 1 aromatic rings. The maximum absolute atomic E-state index is 12.3. The molecule has 0 aliphatic carbocycles. The molecule has 0 atom stereocenters. The highest BCUT2D eigenvalue weighted by Crippen LogP contribution is 2.28. The molecule has 102 valence electrons. The summed E-state index contributed by atoms with van der Waals surface area (Å²) in [6, 6.07) is 2.39. The molecule has 1 N–H and O–H groups in total. The first kappa shape index (κ1) is 14.8. The third-order valence-corrected chi connectivity index (χ3v) is 2.72. The van der Waals surface area contributed by atoms with Gasteiger partial charge in [0.2, 0.25) is 0 Å². The predicted octanol–water partition coefficient (Wildman–Crippen LogP) is 2.85. The van der Waals surface area contributed by atoms with E-state index in [1.807, 2.05) is 0 Å². The minimum Gasteiger partial charge on any atom is -0.369 e. The molecule has 0 bridgehead atoms. The summed E-state index contributed by atoms with van der Waals surface area (Å²) in [5.74, 6) is 0.468. The number of hydrogen-bond donors (Lipinski definition) is 1. The van der Waals surface area contributed by atoms with E-state index < -0.39 is 11.7 Å². The van der Waals surface area contributed by atoms with Crippen LogP contribution in [0, 0.1) is 0 Å². The fraction of sp³-hybridized carbons (Fsp3) is 0.583. The Labute approximate surface area is 105 Å². The standard InChI is InChI=1S/C12H18F3N3/c1-3-18(4-2)8-7-16-11-6-5-10(9-17-11)12(13,14)15/h5-6,9H,3-4,7-8H2,1-2H3,(H,16,17). The number of aromatic nitrogens is 1. The lowest BCUT2D eigenvalue weighted by atomic mass is 10.3. The number of likely N-dealkylation sites (N-methyl/N-ethyl adjacent to an activating group) is 1. The van der Waals surface area contributed by atoms with Crippen LogP contribution in [-0.4, -0.2) is 36.1 Å². The molecule has 0 saturated heterocycles. The van der Waals surface area contributed by atoms with Crippen LogP contribution in [0.5, 0.6) is 0 Å². The van der Waals surface area contributed by atoms with Crippen molar-refractivity contribution in [2.24, 2.45) is 0 Å². The van der Waals surface area contributed by atoms with E-state index in [1.165, 1.54) is 6.07 Å². The lowest BCUT2D eigenvalue weighted by molar-refractivity contribution is -0.137. The predicted molar refractivity (Wildman–Crippen MR) is 65.5 cm³/mol. The van der Waals surface area contributed by atoms with Crippen molar-refractivity contribution in [2.45, 2.75) is 20.0 Å². The van der Waals surface area contributed by atoms with E-state index in [-0.39, 0.29) is 0 Å². The number of halogens is 3.